The van der Waals surface area contributed by atoms with E-state index in [-0.39, 0.29) is 29.2 Å². The van der Waals surface area contributed by atoms with E-state index in [2.05, 4.69) is 16.8 Å². The molecule has 2 aliphatic heterocycles. The molecule has 2 unspecified atom stereocenters. The second-order valence-electron chi connectivity index (χ2n) is 5.52. The maximum atomic E-state index is 11.7. The lowest BCUT2D eigenvalue weighted by Gasteiger charge is -2.31. The third-order valence-corrected chi connectivity index (χ3v) is 6.16. The normalized spacial score (nSPS) is 31.0. The first-order chi connectivity index (χ1) is 8.49. The SMILES string of the molecule is CC1CCCN(C(N)=NCC2CCCS2(=O)=O)C1.I. The maximum absolute atomic E-state index is 11.7. The van der Waals surface area contributed by atoms with Gasteiger partial charge in [0.15, 0.2) is 15.8 Å². The fourth-order valence-corrected chi connectivity index (χ4v) is 4.49. The van der Waals surface area contributed by atoms with Crippen LogP contribution in [-0.4, -0.2) is 49.9 Å². The summed E-state index contributed by atoms with van der Waals surface area (Å²) in [6.07, 6.45) is 3.87. The Bertz CT molecular complexity index is 425. The number of hydrogen-bond acceptors (Lipinski definition) is 3. The predicted octanol–water partition coefficient (Wildman–Crippen LogP) is 1.23. The molecule has 0 aromatic rings. The first kappa shape index (κ1) is 17.0. The number of sulfone groups is 1. The van der Waals surface area contributed by atoms with Crippen molar-refractivity contribution < 1.29 is 8.42 Å². The molecule has 19 heavy (non-hydrogen) atoms. The highest BCUT2D eigenvalue weighted by atomic mass is 127. The van der Waals surface area contributed by atoms with E-state index in [1.54, 1.807) is 0 Å². The summed E-state index contributed by atoms with van der Waals surface area (Å²) in [5, 5.41) is -0.307. The van der Waals surface area contributed by atoms with Gasteiger partial charge in [0.25, 0.3) is 0 Å². The average Bonchev–Trinajstić information content (AvgIpc) is 2.65. The third kappa shape index (κ3) is 4.47. The molecule has 2 heterocycles. The van der Waals surface area contributed by atoms with Gasteiger partial charge in [-0.1, -0.05) is 6.92 Å². The van der Waals surface area contributed by atoms with Gasteiger partial charge in [0.05, 0.1) is 17.5 Å². The van der Waals surface area contributed by atoms with Crippen molar-refractivity contribution in [2.75, 3.05) is 25.4 Å². The van der Waals surface area contributed by atoms with Gasteiger partial charge in [-0.3, -0.25) is 4.99 Å². The van der Waals surface area contributed by atoms with Gasteiger partial charge in [-0.15, -0.1) is 24.0 Å². The zero-order valence-corrected chi connectivity index (χ0v) is 14.6. The number of likely N-dealkylation sites (tertiary alicyclic amines) is 1. The fourth-order valence-electron chi connectivity index (χ4n) is 2.76. The Balaban J connectivity index is 0.00000180. The zero-order valence-electron chi connectivity index (χ0n) is 11.4. The van der Waals surface area contributed by atoms with Gasteiger partial charge in [0, 0.05) is 13.1 Å². The van der Waals surface area contributed by atoms with Crippen LogP contribution in [0.5, 0.6) is 0 Å². The number of piperidine rings is 1. The summed E-state index contributed by atoms with van der Waals surface area (Å²) >= 11 is 0. The Morgan fingerprint density at radius 1 is 1.37 bits per heavy atom. The van der Waals surface area contributed by atoms with Crippen molar-refractivity contribution in [1.82, 2.24) is 4.90 Å². The summed E-state index contributed by atoms with van der Waals surface area (Å²) in [5.74, 6) is 1.47. The number of aliphatic imine (C=N–C) groups is 1. The van der Waals surface area contributed by atoms with E-state index in [4.69, 9.17) is 5.73 Å². The minimum absolute atomic E-state index is 0. The van der Waals surface area contributed by atoms with Crippen LogP contribution in [0, 0.1) is 5.92 Å². The third-order valence-electron chi connectivity index (χ3n) is 3.90. The first-order valence-electron chi connectivity index (χ1n) is 6.75. The molecule has 0 saturated carbocycles. The number of nitrogens with zero attached hydrogens (tertiary/aromatic N) is 2. The molecule has 2 aliphatic rings. The highest BCUT2D eigenvalue weighted by molar-refractivity contribution is 14.0. The summed E-state index contributed by atoms with van der Waals surface area (Å²) in [7, 11) is -2.91. The number of hydrogen-bond donors (Lipinski definition) is 1. The summed E-state index contributed by atoms with van der Waals surface area (Å²) in [6, 6.07) is 0. The van der Waals surface area contributed by atoms with E-state index >= 15 is 0 Å². The van der Waals surface area contributed by atoms with Crippen molar-refractivity contribution in [3.8, 4) is 0 Å². The lowest BCUT2D eigenvalue weighted by Crippen LogP contribution is -2.44. The van der Waals surface area contributed by atoms with Crippen molar-refractivity contribution in [3.05, 3.63) is 0 Å². The van der Waals surface area contributed by atoms with E-state index in [0.29, 0.717) is 24.2 Å². The molecular weight excluding hydrogens is 377 g/mol. The van der Waals surface area contributed by atoms with E-state index in [0.717, 1.165) is 32.4 Å². The van der Waals surface area contributed by atoms with Crippen LogP contribution in [-0.2, 0) is 9.84 Å². The van der Waals surface area contributed by atoms with E-state index in [1.807, 2.05) is 0 Å². The zero-order chi connectivity index (χ0) is 13.2. The van der Waals surface area contributed by atoms with Crippen LogP contribution in [0.2, 0.25) is 0 Å². The molecule has 0 spiro atoms. The van der Waals surface area contributed by atoms with E-state index in [9.17, 15) is 8.42 Å². The molecule has 2 fully saturated rings. The summed E-state index contributed by atoms with van der Waals surface area (Å²) in [4.78, 5) is 6.38. The van der Waals surface area contributed by atoms with Gasteiger partial charge in [-0.25, -0.2) is 8.42 Å². The Morgan fingerprint density at radius 2 is 2.11 bits per heavy atom. The Hall–Kier alpha value is -0.0500. The van der Waals surface area contributed by atoms with Crippen LogP contribution in [0.3, 0.4) is 0 Å². The predicted molar refractivity (Wildman–Crippen MR) is 88.7 cm³/mol. The van der Waals surface area contributed by atoms with Crippen LogP contribution in [0.4, 0.5) is 0 Å². The van der Waals surface area contributed by atoms with E-state index in [1.165, 1.54) is 6.42 Å². The molecule has 0 aliphatic carbocycles. The molecule has 2 saturated heterocycles. The minimum atomic E-state index is -2.91. The lowest BCUT2D eigenvalue weighted by atomic mass is 10.0. The van der Waals surface area contributed by atoms with Gasteiger partial charge >= 0.3 is 0 Å². The second kappa shape index (κ2) is 7.10. The quantitative estimate of drug-likeness (QED) is 0.429. The summed E-state index contributed by atoms with van der Waals surface area (Å²) in [5.41, 5.74) is 5.96. The smallest absolute Gasteiger partial charge is 0.191 e. The number of nitrogens with two attached hydrogens (primary N) is 1. The van der Waals surface area contributed by atoms with Crippen molar-refractivity contribution in [3.63, 3.8) is 0 Å². The largest absolute Gasteiger partial charge is 0.370 e. The topological polar surface area (TPSA) is 75.8 Å². The fraction of sp³-hybridized carbons (Fsp3) is 0.917. The summed E-state index contributed by atoms with van der Waals surface area (Å²) < 4.78 is 23.4. The molecule has 0 bridgehead atoms. The highest BCUT2D eigenvalue weighted by Gasteiger charge is 2.31. The van der Waals surface area contributed by atoms with Gasteiger partial charge in [-0.2, -0.15) is 0 Å². The summed E-state index contributed by atoms with van der Waals surface area (Å²) in [6.45, 7) is 4.42. The van der Waals surface area contributed by atoms with Crippen molar-refractivity contribution in [1.29, 1.82) is 0 Å². The molecule has 0 amide bonds. The average molecular weight is 401 g/mol. The van der Waals surface area contributed by atoms with Gasteiger partial charge in [0.2, 0.25) is 0 Å². The Labute approximate surface area is 133 Å². The van der Waals surface area contributed by atoms with Gasteiger partial charge < -0.3 is 10.6 Å². The number of guanidine groups is 1. The highest BCUT2D eigenvalue weighted by Crippen LogP contribution is 2.20. The molecular formula is C12H24IN3O2S. The number of halogens is 1. The molecule has 5 nitrogen and oxygen atoms in total. The molecule has 0 aromatic carbocycles. The molecule has 0 radical (unpaired) electrons. The minimum Gasteiger partial charge on any atom is -0.370 e. The second-order valence-corrected chi connectivity index (χ2v) is 7.92. The van der Waals surface area contributed by atoms with Crippen LogP contribution in [0.1, 0.15) is 32.6 Å². The van der Waals surface area contributed by atoms with Crippen molar-refractivity contribution in [2.24, 2.45) is 16.6 Å². The van der Waals surface area contributed by atoms with Crippen LogP contribution >= 0.6 is 24.0 Å². The molecule has 0 aromatic heterocycles. The van der Waals surface area contributed by atoms with E-state index < -0.39 is 9.84 Å². The Morgan fingerprint density at radius 3 is 2.68 bits per heavy atom. The van der Waals surface area contributed by atoms with Gasteiger partial charge in [-0.05, 0) is 31.6 Å². The molecule has 2 N–H and O–H groups in total. The molecule has 7 heteroatoms. The lowest BCUT2D eigenvalue weighted by molar-refractivity contribution is 0.270. The molecule has 2 atom stereocenters. The van der Waals surface area contributed by atoms with Crippen molar-refractivity contribution >= 4 is 39.8 Å². The van der Waals surface area contributed by atoms with Crippen molar-refractivity contribution in [2.45, 2.75) is 37.9 Å². The molecule has 2 rings (SSSR count). The van der Waals surface area contributed by atoms with Crippen LogP contribution in [0.25, 0.3) is 0 Å². The first-order valence-corrected chi connectivity index (χ1v) is 8.47. The Kier molecular flexibility index (Phi) is 6.35. The standard InChI is InChI=1S/C12H23N3O2S.HI/c1-10-4-2-6-15(9-10)12(13)14-8-11-5-3-7-18(11,16)17;/h10-11H,2-9H2,1H3,(H2,13,14);1H. The number of rotatable bonds is 2. The van der Waals surface area contributed by atoms with Crippen LogP contribution in [0.15, 0.2) is 4.99 Å². The van der Waals surface area contributed by atoms with Gasteiger partial charge in [0.1, 0.15) is 0 Å². The maximum Gasteiger partial charge on any atom is 0.191 e. The molecule has 112 valence electrons. The monoisotopic (exact) mass is 401 g/mol. The van der Waals surface area contributed by atoms with Crippen LogP contribution < -0.4 is 5.73 Å².